The molecular weight excluding hydrogens is 154 g/mol. The molecule has 1 fully saturated rings. The minimum atomic E-state index is 0.600. The molecule has 2 rings (SSSR count). The van der Waals surface area contributed by atoms with Crippen LogP contribution in [0.15, 0.2) is 0 Å². The van der Waals surface area contributed by atoms with Gasteiger partial charge in [0.15, 0.2) is 5.82 Å². The lowest BCUT2D eigenvalue weighted by atomic mass is 10.3. The average Bonchev–Trinajstić information content (AvgIpc) is 2.76. The topological polar surface area (TPSA) is 69.6 Å². The quantitative estimate of drug-likeness (QED) is 0.661. The van der Waals surface area contributed by atoms with E-state index in [4.69, 9.17) is 5.73 Å². The lowest BCUT2D eigenvalue weighted by Crippen LogP contribution is -2.14. The van der Waals surface area contributed by atoms with E-state index in [2.05, 4.69) is 15.5 Å². The third-order valence-corrected chi connectivity index (χ3v) is 2.12. The first-order valence-electron chi connectivity index (χ1n) is 4.35. The summed E-state index contributed by atoms with van der Waals surface area (Å²) in [4.78, 5) is 0. The zero-order chi connectivity index (χ0) is 8.39. The third-order valence-electron chi connectivity index (χ3n) is 2.12. The molecule has 1 aliphatic carbocycles. The molecule has 1 aliphatic rings. The molecule has 1 aromatic rings. The van der Waals surface area contributed by atoms with Crippen LogP contribution in [0.4, 0.5) is 0 Å². The van der Waals surface area contributed by atoms with Crippen LogP contribution in [-0.2, 0) is 13.0 Å². The monoisotopic (exact) mass is 167 g/mol. The summed E-state index contributed by atoms with van der Waals surface area (Å²) in [5.41, 5.74) is 5.42. The fourth-order valence-electron chi connectivity index (χ4n) is 1.25. The van der Waals surface area contributed by atoms with Gasteiger partial charge in [-0.3, -0.25) is 0 Å². The molecule has 12 heavy (non-hydrogen) atoms. The van der Waals surface area contributed by atoms with Crippen molar-refractivity contribution in [3.05, 3.63) is 5.82 Å². The normalized spacial score (nSPS) is 16.8. The minimum Gasteiger partial charge on any atom is -0.329 e. The average molecular weight is 167 g/mol. The van der Waals surface area contributed by atoms with Crippen LogP contribution in [0.2, 0.25) is 0 Å². The van der Waals surface area contributed by atoms with Crippen LogP contribution >= 0.6 is 0 Å². The van der Waals surface area contributed by atoms with Crippen molar-refractivity contribution >= 4 is 0 Å². The van der Waals surface area contributed by atoms with Crippen LogP contribution in [0.1, 0.15) is 18.7 Å². The summed E-state index contributed by atoms with van der Waals surface area (Å²) >= 11 is 0. The van der Waals surface area contributed by atoms with Crippen LogP contribution < -0.4 is 5.73 Å². The van der Waals surface area contributed by atoms with Gasteiger partial charge in [0.2, 0.25) is 0 Å². The molecule has 2 N–H and O–H groups in total. The van der Waals surface area contributed by atoms with Crippen molar-refractivity contribution < 1.29 is 0 Å². The van der Waals surface area contributed by atoms with Gasteiger partial charge in [-0.05, 0) is 29.2 Å². The molecule has 0 radical (unpaired) electrons. The predicted octanol–water partition coefficient (Wildman–Crippen LogP) is -0.416. The number of aromatic nitrogens is 4. The van der Waals surface area contributed by atoms with Crippen molar-refractivity contribution in [3.8, 4) is 0 Å². The molecule has 0 saturated heterocycles. The van der Waals surface area contributed by atoms with Gasteiger partial charge in [-0.25, -0.2) is 4.68 Å². The molecule has 5 nitrogen and oxygen atoms in total. The highest BCUT2D eigenvalue weighted by Crippen LogP contribution is 2.31. The van der Waals surface area contributed by atoms with Crippen LogP contribution in [0.25, 0.3) is 0 Å². The molecule has 0 aliphatic heterocycles. The Bertz CT molecular complexity index is 252. The largest absolute Gasteiger partial charge is 0.329 e. The lowest BCUT2D eigenvalue weighted by molar-refractivity contribution is 0.562. The molecule has 1 heterocycles. The summed E-state index contributed by atoms with van der Waals surface area (Å²) in [6, 6.07) is 0. The fraction of sp³-hybridized carbons (Fsp3) is 0.857. The SMILES string of the molecule is NCCn1nnnc1CC1CC1. The van der Waals surface area contributed by atoms with Gasteiger partial charge in [0.25, 0.3) is 0 Å². The van der Waals surface area contributed by atoms with Crippen LogP contribution in [0.5, 0.6) is 0 Å². The number of tetrazole rings is 1. The van der Waals surface area contributed by atoms with E-state index >= 15 is 0 Å². The van der Waals surface area contributed by atoms with Gasteiger partial charge in [-0.15, -0.1) is 5.10 Å². The molecule has 66 valence electrons. The third kappa shape index (κ3) is 1.61. The fourth-order valence-corrected chi connectivity index (χ4v) is 1.25. The lowest BCUT2D eigenvalue weighted by Gasteiger charge is -2.00. The molecule has 0 spiro atoms. The molecular formula is C7H13N5. The first kappa shape index (κ1) is 7.67. The van der Waals surface area contributed by atoms with E-state index in [-0.39, 0.29) is 0 Å². The molecule has 1 saturated carbocycles. The molecule has 0 atom stereocenters. The van der Waals surface area contributed by atoms with Crippen LogP contribution in [0.3, 0.4) is 0 Å². The second kappa shape index (κ2) is 3.18. The maximum atomic E-state index is 5.42. The van der Waals surface area contributed by atoms with Gasteiger partial charge in [0.1, 0.15) is 0 Å². The Labute approximate surface area is 70.9 Å². The minimum absolute atomic E-state index is 0.600. The van der Waals surface area contributed by atoms with Gasteiger partial charge >= 0.3 is 0 Å². The smallest absolute Gasteiger partial charge is 0.151 e. The number of nitrogens with two attached hydrogens (primary N) is 1. The van der Waals surface area contributed by atoms with Crippen molar-refractivity contribution in [3.63, 3.8) is 0 Å². The Morgan fingerprint density at radius 1 is 1.50 bits per heavy atom. The van der Waals surface area contributed by atoms with Crippen molar-refractivity contribution in [2.45, 2.75) is 25.8 Å². The second-order valence-corrected chi connectivity index (χ2v) is 3.25. The highest BCUT2D eigenvalue weighted by Gasteiger charge is 2.24. The summed E-state index contributed by atoms with van der Waals surface area (Å²) in [7, 11) is 0. The molecule has 0 aromatic carbocycles. The van der Waals surface area contributed by atoms with Crippen LogP contribution in [0, 0.1) is 5.92 Å². The summed E-state index contributed by atoms with van der Waals surface area (Å²) in [6.07, 6.45) is 3.68. The van der Waals surface area contributed by atoms with E-state index in [9.17, 15) is 0 Å². The van der Waals surface area contributed by atoms with E-state index < -0.39 is 0 Å². The van der Waals surface area contributed by atoms with Crippen molar-refractivity contribution in [1.82, 2.24) is 20.2 Å². The van der Waals surface area contributed by atoms with E-state index in [1.165, 1.54) is 12.8 Å². The highest BCUT2D eigenvalue weighted by atomic mass is 15.5. The molecule has 1 aromatic heterocycles. The Morgan fingerprint density at radius 2 is 2.33 bits per heavy atom. The summed E-state index contributed by atoms with van der Waals surface area (Å²) < 4.78 is 1.80. The Kier molecular flexibility index (Phi) is 2.03. The standard InChI is InChI=1S/C7H13N5/c8-3-4-12-7(9-10-11-12)5-6-1-2-6/h6H,1-5,8H2. The maximum absolute atomic E-state index is 5.42. The van der Waals surface area contributed by atoms with Crippen LogP contribution in [-0.4, -0.2) is 26.8 Å². The van der Waals surface area contributed by atoms with E-state index in [1.807, 2.05) is 0 Å². The van der Waals surface area contributed by atoms with E-state index in [0.29, 0.717) is 6.54 Å². The first-order chi connectivity index (χ1) is 5.90. The summed E-state index contributed by atoms with van der Waals surface area (Å²) in [5, 5.41) is 11.5. The second-order valence-electron chi connectivity index (χ2n) is 3.25. The van der Waals surface area contributed by atoms with Crippen molar-refractivity contribution in [2.24, 2.45) is 11.7 Å². The van der Waals surface area contributed by atoms with E-state index in [0.717, 1.165) is 24.7 Å². The van der Waals surface area contributed by atoms with Gasteiger partial charge in [-0.2, -0.15) is 0 Å². The van der Waals surface area contributed by atoms with Gasteiger partial charge in [0, 0.05) is 13.0 Å². The molecule has 0 unspecified atom stereocenters. The Morgan fingerprint density at radius 3 is 3.00 bits per heavy atom. The summed E-state index contributed by atoms with van der Waals surface area (Å²) in [6.45, 7) is 1.33. The zero-order valence-electron chi connectivity index (χ0n) is 6.98. The molecule has 0 bridgehead atoms. The first-order valence-corrected chi connectivity index (χ1v) is 4.35. The molecule has 5 heteroatoms. The van der Waals surface area contributed by atoms with Gasteiger partial charge < -0.3 is 5.73 Å². The Hall–Kier alpha value is -0.970. The Balaban J connectivity index is 2.01. The number of hydrogen-bond donors (Lipinski definition) is 1. The highest BCUT2D eigenvalue weighted by molar-refractivity contribution is 4.89. The number of nitrogens with zero attached hydrogens (tertiary/aromatic N) is 4. The number of rotatable bonds is 4. The maximum Gasteiger partial charge on any atom is 0.151 e. The van der Waals surface area contributed by atoms with Gasteiger partial charge in [-0.1, -0.05) is 0 Å². The zero-order valence-corrected chi connectivity index (χ0v) is 6.98. The summed E-state index contributed by atoms with van der Waals surface area (Å²) in [5.74, 6) is 1.82. The molecule has 0 amide bonds. The van der Waals surface area contributed by atoms with Crippen molar-refractivity contribution in [1.29, 1.82) is 0 Å². The number of hydrogen-bond acceptors (Lipinski definition) is 4. The van der Waals surface area contributed by atoms with Gasteiger partial charge in [0.05, 0.1) is 6.54 Å². The van der Waals surface area contributed by atoms with Crippen molar-refractivity contribution in [2.75, 3.05) is 6.54 Å². The van der Waals surface area contributed by atoms with E-state index in [1.54, 1.807) is 4.68 Å². The predicted molar refractivity (Wildman–Crippen MR) is 43.3 cm³/mol.